The molecule has 3 rings (SSSR count). The standard InChI is InChI=1S/C17H24N4O2/c1-5-21-16(14-9-11(2)23-12(3)15(14)19-21)17(22)20(4)10-13-7-6-8-18-13/h6-8,11-12,18H,5,9-10H2,1-4H3/t11-,12+/m0/s1. The normalized spacial score (nSPS) is 20.3. The van der Waals surface area contributed by atoms with Gasteiger partial charge in [0.1, 0.15) is 5.69 Å². The Morgan fingerprint density at radius 3 is 2.96 bits per heavy atom. The number of aromatic nitrogens is 3. The Kier molecular flexibility index (Phi) is 4.26. The number of aromatic amines is 1. The van der Waals surface area contributed by atoms with E-state index in [4.69, 9.17) is 4.74 Å². The van der Waals surface area contributed by atoms with Crippen LogP contribution in [0.3, 0.4) is 0 Å². The zero-order valence-electron chi connectivity index (χ0n) is 14.2. The molecule has 0 fully saturated rings. The molecule has 6 nitrogen and oxygen atoms in total. The van der Waals surface area contributed by atoms with Gasteiger partial charge in [0.25, 0.3) is 5.91 Å². The molecule has 1 N–H and O–H groups in total. The van der Waals surface area contributed by atoms with Gasteiger partial charge in [-0.2, -0.15) is 5.10 Å². The first-order valence-electron chi connectivity index (χ1n) is 8.14. The van der Waals surface area contributed by atoms with Crippen LogP contribution in [0.1, 0.15) is 54.3 Å². The number of rotatable bonds is 4. The minimum Gasteiger partial charge on any atom is -0.369 e. The number of carbonyl (C=O) groups excluding carboxylic acids is 1. The molecule has 0 bridgehead atoms. The third kappa shape index (κ3) is 2.91. The van der Waals surface area contributed by atoms with Gasteiger partial charge in [-0.1, -0.05) is 0 Å². The van der Waals surface area contributed by atoms with Crippen molar-refractivity contribution in [3.8, 4) is 0 Å². The van der Waals surface area contributed by atoms with Crippen molar-refractivity contribution in [2.24, 2.45) is 0 Å². The monoisotopic (exact) mass is 316 g/mol. The Morgan fingerprint density at radius 1 is 1.52 bits per heavy atom. The summed E-state index contributed by atoms with van der Waals surface area (Å²) in [6, 6.07) is 3.92. The molecule has 2 aromatic heterocycles. The van der Waals surface area contributed by atoms with E-state index in [-0.39, 0.29) is 18.1 Å². The maximum absolute atomic E-state index is 13.0. The quantitative estimate of drug-likeness (QED) is 0.943. The van der Waals surface area contributed by atoms with E-state index >= 15 is 0 Å². The van der Waals surface area contributed by atoms with Gasteiger partial charge in [-0.05, 0) is 32.9 Å². The molecule has 0 saturated carbocycles. The van der Waals surface area contributed by atoms with E-state index in [9.17, 15) is 4.79 Å². The van der Waals surface area contributed by atoms with E-state index in [0.29, 0.717) is 18.8 Å². The molecule has 23 heavy (non-hydrogen) atoms. The Labute approximate surface area is 136 Å². The molecule has 1 aliphatic heterocycles. The van der Waals surface area contributed by atoms with Gasteiger partial charge in [0.15, 0.2) is 0 Å². The van der Waals surface area contributed by atoms with Crippen LogP contribution in [0, 0.1) is 0 Å². The zero-order chi connectivity index (χ0) is 16.6. The van der Waals surface area contributed by atoms with Gasteiger partial charge < -0.3 is 14.6 Å². The van der Waals surface area contributed by atoms with Crippen molar-refractivity contribution >= 4 is 5.91 Å². The van der Waals surface area contributed by atoms with Crippen molar-refractivity contribution in [2.75, 3.05) is 7.05 Å². The van der Waals surface area contributed by atoms with Crippen molar-refractivity contribution in [3.63, 3.8) is 0 Å². The Morgan fingerprint density at radius 2 is 2.30 bits per heavy atom. The van der Waals surface area contributed by atoms with Crippen molar-refractivity contribution < 1.29 is 9.53 Å². The van der Waals surface area contributed by atoms with Crippen LogP contribution in [0.5, 0.6) is 0 Å². The molecule has 124 valence electrons. The van der Waals surface area contributed by atoms with Gasteiger partial charge in [0.2, 0.25) is 0 Å². The fraction of sp³-hybridized carbons (Fsp3) is 0.529. The zero-order valence-corrected chi connectivity index (χ0v) is 14.2. The van der Waals surface area contributed by atoms with Crippen molar-refractivity contribution in [1.82, 2.24) is 19.7 Å². The van der Waals surface area contributed by atoms with E-state index in [1.165, 1.54) is 0 Å². The van der Waals surface area contributed by atoms with Crippen molar-refractivity contribution in [2.45, 2.75) is 52.5 Å². The largest absolute Gasteiger partial charge is 0.369 e. The molecule has 2 aromatic rings. The van der Waals surface area contributed by atoms with Crippen molar-refractivity contribution in [3.05, 3.63) is 41.0 Å². The number of hydrogen-bond acceptors (Lipinski definition) is 3. The Hall–Kier alpha value is -2.08. The summed E-state index contributed by atoms with van der Waals surface area (Å²) in [5.74, 6) is 0.0106. The minimum atomic E-state index is -0.0678. The molecule has 0 unspecified atom stereocenters. The predicted molar refractivity (Wildman–Crippen MR) is 87.2 cm³/mol. The summed E-state index contributed by atoms with van der Waals surface area (Å²) in [7, 11) is 1.83. The number of ether oxygens (including phenoxy) is 1. The molecular formula is C17H24N4O2. The van der Waals surface area contributed by atoms with Gasteiger partial charge in [-0.3, -0.25) is 9.48 Å². The number of nitrogens with zero attached hydrogens (tertiary/aromatic N) is 3. The van der Waals surface area contributed by atoms with Crippen LogP contribution in [0.2, 0.25) is 0 Å². The summed E-state index contributed by atoms with van der Waals surface area (Å²) in [6.07, 6.45) is 2.64. The van der Waals surface area contributed by atoms with Gasteiger partial charge in [-0.25, -0.2) is 0 Å². The smallest absolute Gasteiger partial charge is 0.272 e. The van der Waals surface area contributed by atoms with E-state index in [2.05, 4.69) is 10.1 Å². The van der Waals surface area contributed by atoms with Crippen LogP contribution in [0.4, 0.5) is 0 Å². The van der Waals surface area contributed by atoms with E-state index in [0.717, 1.165) is 23.4 Å². The van der Waals surface area contributed by atoms with Crippen LogP contribution in [-0.2, 0) is 24.2 Å². The maximum atomic E-state index is 13.0. The lowest BCUT2D eigenvalue weighted by Gasteiger charge is -2.25. The van der Waals surface area contributed by atoms with Crippen molar-refractivity contribution in [1.29, 1.82) is 0 Å². The van der Waals surface area contributed by atoms with Gasteiger partial charge in [0, 0.05) is 37.5 Å². The summed E-state index contributed by atoms with van der Waals surface area (Å²) in [6.45, 7) is 7.27. The Balaban J connectivity index is 1.93. The number of carbonyl (C=O) groups is 1. The average molecular weight is 316 g/mol. The van der Waals surface area contributed by atoms with Crippen LogP contribution in [0.25, 0.3) is 0 Å². The van der Waals surface area contributed by atoms with Gasteiger partial charge >= 0.3 is 0 Å². The predicted octanol–water partition coefficient (Wildman–Crippen LogP) is 2.53. The highest BCUT2D eigenvalue weighted by atomic mass is 16.5. The molecule has 2 atom stereocenters. The highest BCUT2D eigenvalue weighted by Crippen LogP contribution is 2.32. The molecule has 3 heterocycles. The highest BCUT2D eigenvalue weighted by Gasteiger charge is 2.32. The lowest BCUT2D eigenvalue weighted by atomic mass is 9.99. The van der Waals surface area contributed by atoms with E-state index in [1.54, 1.807) is 4.90 Å². The number of fused-ring (bicyclic) bond motifs is 1. The van der Waals surface area contributed by atoms with Crippen LogP contribution in [-0.4, -0.2) is 38.7 Å². The third-order valence-electron chi connectivity index (χ3n) is 4.31. The van der Waals surface area contributed by atoms with E-state index in [1.807, 2.05) is 50.8 Å². The highest BCUT2D eigenvalue weighted by molar-refractivity contribution is 5.94. The number of aryl methyl sites for hydroxylation is 1. The topological polar surface area (TPSA) is 63.2 Å². The molecule has 1 amide bonds. The first kappa shape index (κ1) is 15.8. The second-order valence-electron chi connectivity index (χ2n) is 6.18. The molecule has 0 aromatic carbocycles. The third-order valence-corrected chi connectivity index (χ3v) is 4.31. The molecule has 0 aliphatic carbocycles. The van der Waals surface area contributed by atoms with Gasteiger partial charge in [0.05, 0.1) is 24.4 Å². The number of amides is 1. The Bertz CT molecular complexity index is 690. The first-order chi connectivity index (χ1) is 11.0. The summed E-state index contributed by atoms with van der Waals surface area (Å²) < 4.78 is 7.66. The second kappa shape index (κ2) is 6.20. The minimum absolute atomic E-state index is 0.0106. The maximum Gasteiger partial charge on any atom is 0.272 e. The number of nitrogens with one attached hydrogen (secondary N) is 1. The molecular weight excluding hydrogens is 292 g/mol. The molecule has 0 spiro atoms. The first-order valence-corrected chi connectivity index (χ1v) is 8.14. The number of hydrogen-bond donors (Lipinski definition) is 1. The average Bonchev–Trinajstić information content (AvgIpc) is 3.13. The van der Waals surface area contributed by atoms with E-state index < -0.39 is 0 Å². The van der Waals surface area contributed by atoms with Crippen LogP contribution >= 0.6 is 0 Å². The van der Waals surface area contributed by atoms with Crippen LogP contribution in [0.15, 0.2) is 18.3 Å². The summed E-state index contributed by atoms with van der Waals surface area (Å²) >= 11 is 0. The molecule has 1 aliphatic rings. The SMILES string of the molecule is CCn1nc2c(c1C(=O)N(C)Cc1ccc[nH]1)C[C@H](C)O[C@@H]2C. The second-order valence-corrected chi connectivity index (χ2v) is 6.18. The molecule has 0 radical (unpaired) electrons. The lowest BCUT2D eigenvalue weighted by Crippen LogP contribution is -2.30. The fourth-order valence-electron chi connectivity index (χ4n) is 3.24. The lowest BCUT2D eigenvalue weighted by molar-refractivity contribution is -0.00715. The summed E-state index contributed by atoms with van der Waals surface area (Å²) in [5.41, 5.74) is 3.67. The van der Waals surface area contributed by atoms with Gasteiger partial charge in [-0.15, -0.1) is 0 Å². The molecule has 0 saturated heterocycles. The fourth-order valence-corrected chi connectivity index (χ4v) is 3.24. The number of H-pyrrole nitrogens is 1. The summed E-state index contributed by atoms with van der Waals surface area (Å²) in [5, 5.41) is 4.62. The van der Waals surface area contributed by atoms with Crippen LogP contribution < -0.4 is 0 Å². The summed E-state index contributed by atoms with van der Waals surface area (Å²) in [4.78, 5) is 17.9. The molecule has 6 heteroatoms.